The Morgan fingerprint density at radius 3 is 2.44 bits per heavy atom. The Labute approximate surface area is 143 Å². The molecule has 1 aliphatic rings. The molecular formula is C16H17NO8. The van der Waals surface area contributed by atoms with E-state index in [1.165, 1.54) is 14.2 Å². The van der Waals surface area contributed by atoms with E-state index in [1.807, 2.05) is 0 Å². The molecule has 1 N–H and O–H groups in total. The molecule has 0 aromatic heterocycles. The number of anilines is 1. The smallest absolute Gasteiger partial charge is 0.354 e. The van der Waals surface area contributed by atoms with E-state index in [9.17, 15) is 14.4 Å². The van der Waals surface area contributed by atoms with E-state index in [4.69, 9.17) is 14.2 Å². The van der Waals surface area contributed by atoms with Crippen molar-refractivity contribution in [1.82, 2.24) is 0 Å². The van der Waals surface area contributed by atoms with Crippen molar-refractivity contribution in [3.63, 3.8) is 0 Å². The Hall–Kier alpha value is -3.23. The number of hydrogen-bond donors (Lipinski definition) is 1. The maximum absolute atomic E-state index is 12.1. The average molecular weight is 351 g/mol. The normalized spacial score (nSPS) is 12.8. The van der Waals surface area contributed by atoms with Crippen molar-refractivity contribution >= 4 is 23.6 Å². The zero-order valence-corrected chi connectivity index (χ0v) is 14.1. The number of esters is 3. The van der Waals surface area contributed by atoms with E-state index in [0.29, 0.717) is 11.3 Å². The number of ether oxygens (including phenoxy) is 5. The minimum Gasteiger partial charge on any atom is -0.493 e. The highest BCUT2D eigenvalue weighted by atomic mass is 16.5. The number of hydrogen-bond acceptors (Lipinski definition) is 9. The highest BCUT2D eigenvalue weighted by Gasteiger charge is 2.31. The van der Waals surface area contributed by atoms with Gasteiger partial charge in [-0.25, -0.2) is 14.4 Å². The molecule has 2 rings (SSSR count). The van der Waals surface area contributed by atoms with Gasteiger partial charge in [-0.1, -0.05) is 0 Å². The van der Waals surface area contributed by atoms with E-state index in [1.54, 1.807) is 6.07 Å². The molecule has 0 saturated heterocycles. The summed E-state index contributed by atoms with van der Waals surface area (Å²) >= 11 is 0. The molecule has 0 spiro atoms. The summed E-state index contributed by atoms with van der Waals surface area (Å²) in [6.45, 7) is 0.0531. The highest BCUT2D eigenvalue weighted by molar-refractivity contribution is 6.05. The maximum atomic E-state index is 12.1. The number of fused-ring (bicyclic) bond motifs is 1. The van der Waals surface area contributed by atoms with Crippen molar-refractivity contribution in [3.05, 3.63) is 29.0 Å². The molecule has 1 heterocycles. The summed E-state index contributed by atoms with van der Waals surface area (Å²) in [6, 6.07) is 1.60. The van der Waals surface area contributed by atoms with E-state index in [2.05, 4.69) is 14.8 Å². The first-order chi connectivity index (χ1) is 12.0. The van der Waals surface area contributed by atoms with Gasteiger partial charge in [-0.15, -0.1) is 0 Å². The van der Waals surface area contributed by atoms with Crippen LogP contribution in [0.15, 0.2) is 17.8 Å². The minimum atomic E-state index is -0.838. The number of benzene rings is 1. The van der Waals surface area contributed by atoms with Gasteiger partial charge in [-0.2, -0.15) is 0 Å². The zero-order chi connectivity index (χ0) is 18.6. The molecule has 134 valence electrons. The first kappa shape index (κ1) is 18.1. The van der Waals surface area contributed by atoms with Gasteiger partial charge in [0.2, 0.25) is 0 Å². The second-order valence-corrected chi connectivity index (χ2v) is 4.80. The molecule has 0 aliphatic carbocycles. The molecule has 1 aromatic carbocycles. The van der Waals surface area contributed by atoms with Crippen LogP contribution in [0.3, 0.4) is 0 Å². The lowest BCUT2D eigenvalue weighted by molar-refractivity contribution is -0.138. The van der Waals surface area contributed by atoms with Crippen LogP contribution in [0.1, 0.15) is 15.9 Å². The van der Waals surface area contributed by atoms with Gasteiger partial charge < -0.3 is 29.0 Å². The summed E-state index contributed by atoms with van der Waals surface area (Å²) in [7, 11) is 5.11. The number of methoxy groups -OCH3 is 4. The molecule has 9 heteroatoms. The van der Waals surface area contributed by atoms with Crippen LogP contribution in [-0.4, -0.2) is 46.3 Å². The first-order valence-electron chi connectivity index (χ1n) is 7.06. The largest absolute Gasteiger partial charge is 0.493 e. The highest BCUT2D eigenvalue weighted by Crippen LogP contribution is 2.43. The van der Waals surface area contributed by atoms with Gasteiger partial charge >= 0.3 is 17.9 Å². The number of carbonyl (C=O) groups excluding carboxylic acids is 3. The van der Waals surface area contributed by atoms with E-state index < -0.39 is 17.9 Å². The number of rotatable bonds is 6. The Morgan fingerprint density at radius 2 is 1.88 bits per heavy atom. The quantitative estimate of drug-likeness (QED) is 0.456. The third-order valence-corrected chi connectivity index (χ3v) is 3.44. The fourth-order valence-corrected chi connectivity index (χ4v) is 2.30. The predicted octanol–water partition coefficient (Wildman–Crippen LogP) is 1.02. The lowest BCUT2D eigenvalue weighted by Gasteiger charge is -2.17. The van der Waals surface area contributed by atoms with Crippen LogP contribution in [0.25, 0.3) is 0 Å². The lowest BCUT2D eigenvalue weighted by Crippen LogP contribution is -2.17. The van der Waals surface area contributed by atoms with Crippen molar-refractivity contribution in [3.8, 4) is 11.5 Å². The predicted molar refractivity (Wildman–Crippen MR) is 84.4 cm³/mol. The zero-order valence-electron chi connectivity index (χ0n) is 14.1. The molecule has 9 nitrogen and oxygen atoms in total. The van der Waals surface area contributed by atoms with Crippen LogP contribution in [0, 0.1) is 0 Å². The van der Waals surface area contributed by atoms with Gasteiger partial charge in [0.15, 0.2) is 11.5 Å². The Kier molecular flexibility index (Phi) is 5.48. The van der Waals surface area contributed by atoms with Gasteiger partial charge in [0.25, 0.3) is 0 Å². The van der Waals surface area contributed by atoms with Crippen LogP contribution in [0.5, 0.6) is 11.5 Å². The van der Waals surface area contributed by atoms with Gasteiger partial charge in [0, 0.05) is 5.56 Å². The summed E-state index contributed by atoms with van der Waals surface area (Å²) in [6.07, 6.45) is 0.900. The molecule has 0 atom stereocenters. The lowest BCUT2D eigenvalue weighted by atomic mass is 10.1. The maximum Gasteiger partial charge on any atom is 0.354 e. The van der Waals surface area contributed by atoms with Crippen molar-refractivity contribution in [1.29, 1.82) is 0 Å². The van der Waals surface area contributed by atoms with Gasteiger partial charge in [0.1, 0.15) is 18.0 Å². The number of nitrogens with one attached hydrogen (secondary N) is 1. The van der Waals surface area contributed by atoms with Crippen LogP contribution < -0.4 is 14.8 Å². The van der Waals surface area contributed by atoms with E-state index in [-0.39, 0.29) is 29.3 Å². The molecule has 0 unspecified atom stereocenters. The topological polar surface area (TPSA) is 109 Å². The first-order valence-corrected chi connectivity index (χ1v) is 7.06. The molecule has 0 fully saturated rings. The van der Waals surface area contributed by atoms with Gasteiger partial charge in [0.05, 0.1) is 40.1 Å². The molecule has 0 bridgehead atoms. The van der Waals surface area contributed by atoms with Crippen LogP contribution >= 0.6 is 0 Å². The third-order valence-electron chi connectivity index (χ3n) is 3.44. The van der Waals surface area contributed by atoms with Gasteiger partial charge in [-0.3, -0.25) is 0 Å². The Balaban J connectivity index is 2.62. The summed E-state index contributed by atoms with van der Waals surface area (Å²) in [5.74, 6) is -1.73. The number of carbonyl (C=O) groups is 3. The standard InChI is InChI=1S/C16H17NO8/c1-21-10-5-8-7-25-16(20)12(8)13(14(10)23-3)17-9(15(19)24-4)6-11(18)22-2/h5-6,17H,7H2,1-4H3/b9-6+. The fourth-order valence-electron chi connectivity index (χ4n) is 2.30. The summed E-state index contributed by atoms with van der Waals surface area (Å²) < 4.78 is 24.7. The molecule has 0 radical (unpaired) electrons. The van der Waals surface area contributed by atoms with Crippen molar-refractivity contribution in [2.24, 2.45) is 0 Å². The monoisotopic (exact) mass is 351 g/mol. The average Bonchev–Trinajstić information content (AvgIpc) is 3.00. The van der Waals surface area contributed by atoms with E-state index in [0.717, 1.165) is 20.3 Å². The van der Waals surface area contributed by atoms with Crippen molar-refractivity contribution < 1.29 is 38.1 Å². The molecular weight excluding hydrogens is 334 g/mol. The molecule has 0 amide bonds. The van der Waals surface area contributed by atoms with Crippen LogP contribution in [0.2, 0.25) is 0 Å². The summed E-state index contributed by atoms with van der Waals surface area (Å²) in [4.78, 5) is 35.5. The second-order valence-electron chi connectivity index (χ2n) is 4.80. The molecule has 0 saturated carbocycles. The second kappa shape index (κ2) is 7.56. The molecule has 1 aliphatic heterocycles. The van der Waals surface area contributed by atoms with Gasteiger partial charge in [-0.05, 0) is 6.07 Å². The molecule has 25 heavy (non-hydrogen) atoms. The fraction of sp³-hybridized carbons (Fsp3) is 0.312. The Bertz CT molecular complexity index is 753. The molecule has 1 aromatic rings. The number of cyclic esters (lactones) is 1. The van der Waals surface area contributed by atoms with Crippen molar-refractivity contribution in [2.75, 3.05) is 33.8 Å². The minimum absolute atomic E-state index is 0.0531. The summed E-state index contributed by atoms with van der Waals surface area (Å²) in [5, 5.41) is 2.70. The van der Waals surface area contributed by atoms with Crippen molar-refractivity contribution in [2.45, 2.75) is 6.61 Å². The van der Waals surface area contributed by atoms with Crippen LogP contribution in [0.4, 0.5) is 5.69 Å². The SMILES string of the molecule is COC(=O)/C=C(/Nc1c(OC)c(OC)cc2c1C(=O)OC2)C(=O)OC. The Morgan fingerprint density at radius 1 is 1.16 bits per heavy atom. The van der Waals surface area contributed by atoms with Crippen LogP contribution in [-0.2, 0) is 30.4 Å². The summed E-state index contributed by atoms with van der Waals surface area (Å²) in [5.41, 5.74) is 0.604. The third kappa shape index (κ3) is 3.49. The van der Waals surface area contributed by atoms with E-state index >= 15 is 0 Å².